The number of hydrogen-bond acceptors (Lipinski definition) is 6. The minimum Gasteiger partial charge on any atom is -0.453 e. The van der Waals surface area contributed by atoms with Crippen LogP contribution >= 0.6 is 0 Å². The molecule has 0 atom stereocenters. The molecule has 0 aliphatic rings. The summed E-state index contributed by atoms with van der Waals surface area (Å²) in [5, 5.41) is 23.2. The van der Waals surface area contributed by atoms with Crippen LogP contribution in [0.25, 0.3) is 0 Å². The molecule has 90 valence electrons. The molecule has 1 amide bonds. The fourth-order valence-corrected chi connectivity index (χ4v) is 1.05. The first-order valence-electron chi connectivity index (χ1n) is 4.23. The van der Waals surface area contributed by atoms with Crippen LogP contribution in [0.3, 0.4) is 0 Å². The van der Waals surface area contributed by atoms with Gasteiger partial charge in [0, 0.05) is 6.07 Å². The second kappa shape index (κ2) is 4.88. The van der Waals surface area contributed by atoms with Crippen molar-refractivity contribution in [3.63, 3.8) is 0 Å². The molecule has 1 aromatic carbocycles. The van der Waals surface area contributed by atoms with Gasteiger partial charge in [0.25, 0.3) is 11.4 Å². The molecule has 1 rings (SSSR count). The summed E-state index contributed by atoms with van der Waals surface area (Å²) in [5.41, 5.74) is -1.19. The van der Waals surface area contributed by atoms with Crippen LogP contribution in [0.5, 0.6) is 0 Å². The molecule has 0 heterocycles. The van der Waals surface area contributed by atoms with Gasteiger partial charge in [0.2, 0.25) is 0 Å². The molecule has 9 heteroatoms. The summed E-state index contributed by atoms with van der Waals surface area (Å²) in [6.45, 7) is 0. The van der Waals surface area contributed by atoms with Crippen molar-refractivity contribution in [2.24, 2.45) is 0 Å². The van der Waals surface area contributed by atoms with Crippen molar-refractivity contribution in [2.75, 3.05) is 12.4 Å². The smallest absolute Gasteiger partial charge is 0.411 e. The third-order valence-corrected chi connectivity index (χ3v) is 1.81. The number of rotatable bonds is 3. The number of nitrogens with zero attached hydrogens (tertiary/aromatic N) is 2. The van der Waals surface area contributed by atoms with Gasteiger partial charge < -0.3 is 4.74 Å². The predicted molar refractivity (Wildman–Crippen MR) is 55.8 cm³/mol. The van der Waals surface area contributed by atoms with Gasteiger partial charge in [-0.3, -0.25) is 25.5 Å². The number of hydrogen-bond donors (Lipinski definition) is 1. The average molecular weight is 241 g/mol. The van der Waals surface area contributed by atoms with E-state index >= 15 is 0 Å². The quantitative estimate of drug-likeness (QED) is 0.633. The van der Waals surface area contributed by atoms with Crippen molar-refractivity contribution in [3.8, 4) is 0 Å². The molecule has 0 aliphatic carbocycles. The van der Waals surface area contributed by atoms with Gasteiger partial charge in [-0.1, -0.05) is 0 Å². The van der Waals surface area contributed by atoms with Gasteiger partial charge in [-0.05, 0) is 6.07 Å². The van der Waals surface area contributed by atoms with E-state index in [1.165, 1.54) is 0 Å². The fraction of sp³-hybridized carbons (Fsp3) is 0.125. The third kappa shape index (κ3) is 2.87. The van der Waals surface area contributed by atoms with E-state index in [1.807, 2.05) is 0 Å². The van der Waals surface area contributed by atoms with Crippen molar-refractivity contribution < 1.29 is 19.4 Å². The number of benzene rings is 1. The Morgan fingerprint density at radius 1 is 1.29 bits per heavy atom. The van der Waals surface area contributed by atoms with Crippen LogP contribution in [0.4, 0.5) is 21.9 Å². The van der Waals surface area contributed by atoms with E-state index in [2.05, 4.69) is 10.1 Å². The lowest BCUT2D eigenvalue weighted by Gasteiger charge is -2.03. The van der Waals surface area contributed by atoms with Crippen LogP contribution in [0.1, 0.15) is 0 Å². The number of carbonyl (C=O) groups is 1. The number of nitro benzene ring substituents is 2. The Balaban J connectivity index is 3.17. The first-order valence-corrected chi connectivity index (χ1v) is 4.23. The fourth-order valence-electron chi connectivity index (χ4n) is 1.05. The van der Waals surface area contributed by atoms with Crippen molar-refractivity contribution in [1.82, 2.24) is 0 Å². The number of ether oxygens (including phenoxy) is 1. The summed E-state index contributed by atoms with van der Waals surface area (Å²) in [7, 11) is 1.09. The molecular formula is C8H7N3O6. The van der Waals surface area contributed by atoms with E-state index in [9.17, 15) is 25.0 Å². The van der Waals surface area contributed by atoms with E-state index in [0.29, 0.717) is 0 Å². The third-order valence-electron chi connectivity index (χ3n) is 1.81. The molecule has 0 unspecified atom stereocenters. The molecule has 1 aromatic rings. The molecular weight excluding hydrogens is 234 g/mol. The summed E-state index contributed by atoms with van der Waals surface area (Å²) in [4.78, 5) is 30.4. The van der Waals surface area contributed by atoms with E-state index in [4.69, 9.17) is 0 Å². The lowest BCUT2D eigenvalue weighted by molar-refractivity contribution is -0.393. The Kier molecular flexibility index (Phi) is 3.55. The van der Waals surface area contributed by atoms with Crippen molar-refractivity contribution >= 4 is 23.2 Å². The Morgan fingerprint density at radius 2 is 1.94 bits per heavy atom. The molecule has 17 heavy (non-hydrogen) atoms. The minimum atomic E-state index is -0.901. The van der Waals surface area contributed by atoms with E-state index in [-0.39, 0.29) is 5.69 Å². The molecule has 0 aromatic heterocycles. The summed E-state index contributed by atoms with van der Waals surface area (Å²) in [6.07, 6.45) is -0.901. The van der Waals surface area contributed by atoms with Crippen LogP contribution in [0.15, 0.2) is 18.2 Å². The van der Waals surface area contributed by atoms with Gasteiger partial charge >= 0.3 is 6.09 Å². The number of carbonyl (C=O) groups excluding carboxylic acids is 1. The molecule has 9 nitrogen and oxygen atoms in total. The average Bonchev–Trinajstić information content (AvgIpc) is 2.28. The molecule has 0 aliphatic heterocycles. The second-order valence-electron chi connectivity index (χ2n) is 2.83. The molecule has 0 radical (unpaired) electrons. The first kappa shape index (κ1) is 12.4. The Labute approximate surface area is 94.3 Å². The second-order valence-corrected chi connectivity index (χ2v) is 2.83. The number of methoxy groups -OCH3 is 1. The monoisotopic (exact) mass is 241 g/mol. The van der Waals surface area contributed by atoms with Crippen LogP contribution in [-0.4, -0.2) is 23.0 Å². The highest BCUT2D eigenvalue weighted by Crippen LogP contribution is 2.28. The molecule has 0 spiro atoms. The lowest BCUT2D eigenvalue weighted by atomic mass is 10.2. The van der Waals surface area contributed by atoms with E-state index in [0.717, 1.165) is 25.3 Å². The van der Waals surface area contributed by atoms with Gasteiger partial charge in [-0.25, -0.2) is 4.79 Å². The van der Waals surface area contributed by atoms with Crippen LogP contribution in [0.2, 0.25) is 0 Å². The van der Waals surface area contributed by atoms with Gasteiger partial charge in [-0.15, -0.1) is 0 Å². The number of anilines is 1. The number of non-ortho nitro benzene ring substituents is 1. The standard InChI is InChI=1S/C8H7N3O6/c1-17-8(12)9-6-3-2-5(10(13)14)4-7(6)11(15)16/h2-4H,1H3,(H,9,12). The highest BCUT2D eigenvalue weighted by molar-refractivity contribution is 5.88. The number of nitrogens with one attached hydrogen (secondary N) is 1. The summed E-state index contributed by atoms with van der Waals surface area (Å²) in [6, 6.07) is 2.86. The molecule has 0 saturated carbocycles. The molecule has 0 bridgehead atoms. The van der Waals surface area contributed by atoms with E-state index in [1.54, 1.807) is 0 Å². The van der Waals surface area contributed by atoms with Crippen LogP contribution in [0, 0.1) is 20.2 Å². The normalized spacial score (nSPS) is 9.47. The van der Waals surface area contributed by atoms with Gasteiger partial charge in [0.15, 0.2) is 0 Å². The topological polar surface area (TPSA) is 125 Å². The largest absolute Gasteiger partial charge is 0.453 e. The summed E-state index contributed by atoms with van der Waals surface area (Å²) in [5.74, 6) is 0. The number of amides is 1. The maximum atomic E-state index is 10.9. The van der Waals surface area contributed by atoms with Crippen molar-refractivity contribution in [1.29, 1.82) is 0 Å². The summed E-state index contributed by atoms with van der Waals surface area (Å²) >= 11 is 0. The molecule has 0 saturated heterocycles. The lowest BCUT2D eigenvalue weighted by Crippen LogP contribution is -2.12. The van der Waals surface area contributed by atoms with Crippen LogP contribution in [-0.2, 0) is 4.74 Å². The highest BCUT2D eigenvalue weighted by atomic mass is 16.6. The Hall–Kier alpha value is -2.71. The zero-order valence-corrected chi connectivity index (χ0v) is 8.58. The summed E-state index contributed by atoms with van der Waals surface area (Å²) < 4.78 is 4.26. The first-order chi connectivity index (χ1) is 7.95. The van der Waals surface area contributed by atoms with Gasteiger partial charge in [0.1, 0.15) is 5.69 Å². The SMILES string of the molecule is COC(=O)Nc1ccc([N+](=O)[O-])cc1[N+](=O)[O-]. The van der Waals surface area contributed by atoms with Gasteiger partial charge in [0.05, 0.1) is 23.0 Å². The maximum absolute atomic E-state index is 10.9. The minimum absolute atomic E-state index is 0.174. The van der Waals surface area contributed by atoms with Crippen molar-refractivity contribution in [2.45, 2.75) is 0 Å². The Morgan fingerprint density at radius 3 is 2.41 bits per heavy atom. The Bertz CT molecular complexity index is 486. The van der Waals surface area contributed by atoms with Crippen molar-refractivity contribution in [3.05, 3.63) is 38.4 Å². The zero-order chi connectivity index (χ0) is 13.0. The maximum Gasteiger partial charge on any atom is 0.411 e. The highest BCUT2D eigenvalue weighted by Gasteiger charge is 2.20. The molecule has 1 N–H and O–H groups in total. The zero-order valence-electron chi connectivity index (χ0n) is 8.58. The van der Waals surface area contributed by atoms with Gasteiger partial charge in [-0.2, -0.15) is 0 Å². The van der Waals surface area contributed by atoms with E-state index < -0.39 is 27.3 Å². The van der Waals surface area contributed by atoms with Crippen LogP contribution < -0.4 is 5.32 Å². The number of nitro groups is 2. The predicted octanol–water partition coefficient (Wildman–Crippen LogP) is 1.68. The molecule has 0 fully saturated rings.